The van der Waals surface area contributed by atoms with Crippen LogP contribution in [0.2, 0.25) is 0 Å². The Labute approximate surface area is 149 Å². The highest BCUT2D eigenvalue weighted by molar-refractivity contribution is 14.0. The molecule has 0 saturated heterocycles. The first-order valence-electron chi connectivity index (χ1n) is 7.18. The smallest absolute Gasteiger partial charge is 0.191 e. The summed E-state index contributed by atoms with van der Waals surface area (Å²) in [6.45, 7) is 7.42. The third kappa shape index (κ3) is 10.0. The average Bonchev–Trinajstić information content (AvgIpc) is 2.85. The quantitative estimate of drug-likeness (QED) is 0.276. The number of hydrogen-bond donors (Lipinski definition) is 2. The maximum absolute atomic E-state index is 5.04. The SMILES string of the molecule is CCNC(=NCc1ncc(C)s1)NCCCCCOC.I. The van der Waals surface area contributed by atoms with Crippen molar-refractivity contribution in [3.05, 3.63) is 16.1 Å². The first-order valence-corrected chi connectivity index (χ1v) is 8.00. The van der Waals surface area contributed by atoms with Crippen molar-refractivity contribution in [3.8, 4) is 0 Å². The van der Waals surface area contributed by atoms with Crippen molar-refractivity contribution in [2.75, 3.05) is 26.8 Å². The maximum Gasteiger partial charge on any atom is 0.191 e. The van der Waals surface area contributed by atoms with Gasteiger partial charge in [0.25, 0.3) is 0 Å². The van der Waals surface area contributed by atoms with Crippen LogP contribution in [-0.4, -0.2) is 37.7 Å². The minimum atomic E-state index is 0. The molecule has 0 aliphatic heterocycles. The number of nitrogens with zero attached hydrogens (tertiary/aromatic N) is 2. The molecule has 21 heavy (non-hydrogen) atoms. The van der Waals surface area contributed by atoms with E-state index in [1.54, 1.807) is 18.4 Å². The summed E-state index contributed by atoms with van der Waals surface area (Å²) >= 11 is 1.70. The molecule has 1 heterocycles. The van der Waals surface area contributed by atoms with Crippen LogP contribution in [0.15, 0.2) is 11.2 Å². The minimum absolute atomic E-state index is 0. The van der Waals surface area contributed by atoms with Crippen molar-refractivity contribution < 1.29 is 4.74 Å². The van der Waals surface area contributed by atoms with Crippen LogP contribution in [0.1, 0.15) is 36.1 Å². The molecule has 0 amide bonds. The number of methoxy groups -OCH3 is 1. The van der Waals surface area contributed by atoms with E-state index in [-0.39, 0.29) is 24.0 Å². The third-order valence-corrected chi connectivity index (χ3v) is 3.60. The van der Waals surface area contributed by atoms with E-state index in [4.69, 9.17) is 4.74 Å². The van der Waals surface area contributed by atoms with Crippen LogP contribution in [0.25, 0.3) is 0 Å². The Hall–Kier alpha value is -0.410. The number of guanidine groups is 1. The van der Waals surface area contributed by atoms with Gasteiger partial charge in [0, 0.05) is 37.9 Å². The molecule has 0 bridgehead atoms. The average molecular weight is 426 g/mol. The van der Waals surface area contributed by atoms with Gasteiger partial charge in [0.05, 0.1) is 6.54 Å². The zero-order valence-corrected chi connectivity index (χ0v) is 16.3. The first-order chi connectivity index (χ1) is 9.76. The zero-order valence-electron chi connectivity index (χ0n) is 13.1. The fourth-order valence-electron chi connectivity index (χ4n) is 1.72. The van der Waals surface area contributed by atoms with E-state index in [0.717, 1.165) is 43.5 Å². The number of aliphatic imine (C=N–C) groups is 1. The molecule has 0 fully saturated rings. The van der Waals surface area contributed by atoms with Gasteiger partial charge in [-0.3, -0.25) is 0 Å². The van der Waals surface area contributed by atoms with Gasteiger partial charge in [0.15, 0.2) is 5.96 Å². The van der Waals surface area contributed by atoms with Crippen LogP contribution in [-0.2, 0) is 11.3 Å². The number of rotatable bonds is 9. The highest BCUT2D eigenvalue weighted by Gasteiger charge is 2.00. The fraction of sp³-hybridized carbons (Fsp3) is 0.714. The molecule has 0 aromatic carbocycles. The number of thiazole rings is 1. The zero-order chi connectivity index (χ0) is 14.6. The monoisotopic (exact) mass is 426 g/mol. The lowest BCUT2D eigenvalue weighted by atomic mass is 10.2. The van der Waals surface area contributed by atoms with Gasteiger partial charge in [0.2, 0.25) is 0 Å². The van der Waals surface area contributed by atoms with Crippen molar-refractivity contribution >= 4 is 41.3 Å². The van der Waals surface area contributed by atoms with Gasteiger partial charge >= 0.3 is 0 Å². The molecule has 0 unspecified atom stereocenters. The largest absolute Gasteiger partial charge is 0.385 e. The lowest BCUT2D eigenvalue weighted by Crippen LogP contribution is -2.37. The van der Waals surface area contributed by atoms with Gasteiger partial charge < -0.3 is 15.4 Å². The number of aryl methyl sites for hydroxylation is 1. The van der Waals surface area contributed by atoms with E-state index in [1.165, 1.54) is 11.3 Å². The van der Waals surface area contributed by atoms with E-state index in [2.05, 4.69) is 34.5 Å². The Morgan fingerprint density at radius 1 is 1.33 bits per heavy atom. The Kier molecular flexibility index (Phi) is 13.0. The molecule has 0 aliphatic carbocycles. The summed E-state index contributed by atoms with van der Waals surface area (Å²) in [5.41, 5.74) is 0. The summed E-state index contributed by atoms with van der Waals surface area (Å²) in [5, 5.41) is 7.66. The Morgan fingerprint density at radius 3 is 2.76 bits per heavy atom. The van der Waals surface area contributed by atoms with Crippen molar-refractivity contribution in [2.45, 2.75) is 39.7 Å². The van der Waals surface area contributed by atoms with Crippen molar-refractivity contribution in [1.82, 2.24) is 15.6 Å². The lowest BCUT2D eigenvalue weighted by molar-refractivity contribution is 0.192. The van der Waals surface area contributed by atoms with Crippen LogP contribution in [0.4, 0.5) is 0 Å². The highest BCUT2D eigenvalue weighted by Crippen LogP contribution is 2.11. The van der Waals surface area contributed by atoms with Crippen molar-refractivity contribution in [2.24, 2.45) is 4.99 Å². The second-order valence-electron chi connectivity index (χ2n) is 4.54. The molecule has 0 saturated carbocycles. The Balaban J connectivity index is 0.00000400. The second-order valence-corrected chi connectivity index (χ2v) is 5.86. The lowest BCUT2D eigenvalue weighted by Gasteiger charge is -2.10. The van der Waals surface area contributed by atoms with E-state index in [0.29, 0.717) is 6.54 Å². The maximum atomic E-state index is 5.04. The predicted octanol–water partition coefficient (Wildman–Crippen LogP) is 2.94. The molecular weight excluding hydrogens is 399 g/mol. The van der Waals surface area contributed by atoms with Crippen molar-refractivity contribution in [3.63, 3.8) is 0 Å². The molecule has 7 heteroatoms. The molecule has 0 aliphatic rings. The van der Waals surface area contributed by atoms with Gasteiger partial charge in [-0.15, -0.1) is 35.3 Å². The summed E-state index contributed by atoms with van der Waals surface area (Å²) in [6, 6.07) is 0. The van der Waals surface area contributed by atoms with Gasteiger partial charge in [0.1, 0.15) is 5.01 Å². The molecule has 0 atom stereocenters. The summed E-state index contributed by atoms with van der Waals surface area (Å²) in [4.78, 5) is 10.1. The predicted molar refractivity (Wildman–Crippen MR) is 101 cm³/mol. The first kappa shape index (κ1) is 20.6. The van der Waals surface area contributed by atoms with E-state index < -0.39 is 0 Å². The number of halogens is 1. The summed E-state index contributed by atoms with van der Waals surface area (Å²) in [5.74, 6) is 0.868. The van der Waals surface area contributed by atoms with Gasteiger partial charge in [-0.2, -0.15) is 0 Å². The number of hydrogen-bond acceptors (Lipinski definition) is 4. The van der Waals surface area contributed by atoms with Crippen molar-refractivity contribution in [1.29, 1.82) is 0 Å². The normalized spacial score (nSPS) is 11.1. The van der Waals surface area contributed by atoms with Crippen LogP contribution in [0.5, 0.6) is 0 Å². The molecule has 0 radical (unpaired) electrons. The fourth-order valence-corrected chi connectivity index (χ4v) is 2.43. The molecule has 2 N–H and O–H groups in total. The molecular formula is C14H27IN4OS. The Morgan fingerprint density at radius 2 is 2.14 bits per heavy atom. The number of nitrogens with one attached hydrogen (secondary N) is 2. The molecule has 0 spiro atoms. The molecule has 1 aromatic heterocycles. The number of unbranched alkanes of at least 4 members (excludes halogenated alkanes) is 2. The number of aromatic nitrogens is 1. The van der Waals surface area contributed by atoms with Crippen LogP contribution < -0.4 is 10.6 Å². The number of ether oxygens (including phenoxy) is 1. The van der Waals surface area contributed by atoms with Gasteiger partial charge in [-0.1, -0.05) is 0 Å². The van der Waals surface area contributed by atoms with Crippen LogP contribution in [0.3, 0.4) is 0 Å². The molecule has 1 aromatic rings. The van der Waals surface area contributed by atoms with E-state index in [1.807, 2.05) is 6.20 Å². The summed E-state index contributed by atoms with van der Waals surface area (Å²) < 4.78 is 5.04. The highest BCUT2D eigenvalue weighted by atomic mass is 127. The van der Waals surface area contributed by atoms with Crippen LogP contribution in [0, 0.1) is 6.92 Å². The third-order valence-electron chi connectivity index (χ3n) is 2.70. The molecule has 122 valence electrons. The minimum Gasteiger partial charge on any atom is -0.385 e. The van der Waals surface area contributed by atoms with Gasteiger partial charge in [-0.05, 0) is 33.1 Å². The topological polar surface area (TPSA) is 58.5 Å². The van der Waals surface area contributed by atoms with E-state index in [9.17, 15) is 0 Å². The molecule has 5 nitrogen and oxygen atoms in total. The Bertz CT molecular complexity index is 398. The standard InChI is InChI=1S/C14H26N4OS.HI/c1-4-15-14(16-8-6-5-7-9-19-3)18-11-13-17-10-12(2)20-13;/h10H,4-9,11H2,1-3H3,(H2,15,16,18);1H. The summed E-state index contributed by atoms with van der Waals surface area (Å²) in [6.07, 6.45) is 5.31. The van der Waals surface area contributed by atoms with E-state index >= 15 is 0 Å². The van der Waals surface area contributed by atoms with Crippen LogP contribution >= 0.6 is 35.3 Å². The summed E-state index contributed by atoms with van der Waals surface area (Å²) in [7, 11) is 1.74. The molecule has 1 rings (SSSR count). The second kappa shape index (κ2) is 13.3. The van der Waals surface area contributed by atoms with Gasteiger partial charge in [-0.25, -0.2) is 9.98 Å².